The molecule has 0 aliphatic heterocycles. The summed E-state index contributed by atoms with van der Waals surface area (Å²) in [5.74, 6) is 1.62. The van der Waals surface area contributed by atoms with Crippen LogP contribution in [0.15, 0.2) is 24.3 Å². The van der Waals surface area contributed by atoms with Gasteiger partial charge in [0.05, 0.1) is 6.04 Å². The number of nitrogens with one attached hydrogen (secondary N) is 1. The minimum absolute atomic E-state index is 0.235. The molecule has 1 heterocycles. The van der Waals surface area contributed by atoms with Crippen LogP contribution in [-0.4, -0.2) is 9.36 Å². The van der Waals surface area contributed by atoms with Gasteiger partial charge in [0.15, 0.2) is 0 Å². The summed E-state index contributed by atoms with van der Waals surface area (Å²) in [6.07, 6.45) is 3.46. The smallest absolute Gasteiger partial charge is 0.203 e. The number of anilines is 1. The van der Waals surface area contributed by atoms with Gasteiger partial charge in [-0.3, -0.25) is 0 Å². The topological polar surface area (TPSA) is 37.8 Å². The first-order valence-corrected chi connectivity index (χ1v) is 7.77. The lowest BCUT2D eigenvalue weighted by atomic mass is 10.1. The van der Waals surface area contributed by atoms with Crippen molar-refractivity contribution in [2.24, 2.45) is 0 Å². The molecule has 19 heavy (non-hydrogen) atoms. The van der Waals surface area contributed by atoms with Crippen LogP contribution in [0.4, 0.5) is 5.13 Å². The Morgan fingerprint density at radius 2 is 2.32 bits per heavy atom. The van der Waals surface area contributed by atoms with Crippen LogP contribution in [0.5, 0.6) is 0 Å². The molecule has 3 nitrogen and oxygen atoms in total. The first-order chi connectivity index (χ1) is 9.26. The van der Waals surface area contributed by atoms with Gasteiger partial charge >= 0.3 is 0 Å². The summed E-state index contributed by atoms with van der Waals surface area (Å²) in [6, 6.07) is 8.21. The second-order valence-corrected chi connectivity index (χ2v) is 6.08. The van der Waals surface area contributed by atoms with Crippen molar-refractivity contribution in [3.63, 3.8) is 0 Å². The van der Waals surface area contributed by atoms with E-state index in [1.54, 1.807) is 0 Å². The van der Waals surface area contributed by atoms with E-state index >= 15 is 0 Å². The lowest BCUT2D eigenvalue weighted by molar-refractivity contribution is 0.747. The van der Waals surface area contributed by atoms with Crippen molar-refractivity contribution in [2.45, 2.75) is 38.1 Å². The van der Waals surface area contributed by atoms with Crippen molar-refractivity contribution in [1.29, 1.82) is 0 Å². The molecule has 0 spiro atoms. The summed E-state index contributed by atoms with van der Waals surface area (Å²) in [4.78, 5) is 4.57. The third-order valence-corrected chi connectivity index (χ3v) is 4.24. The van der Waals surface area contributed by atoms with E-state index in [9.17, 15) is 0 Å². The molecule has 0 saturated heterocycles. The molecule has 1 N–H and O–H groups in total. The first-order valence-electron chi connectivity index (χ1n) is 6.62. The van der Waals surface area contributed by atoms with Crippen LogP contribution < -0.4 is 5.32 Å². The Kier molecular flexibility index (Phi) is 3.71. The third-order valence-electron chi connectivity index (χ3n) is 3.34. The predicted octanol–water partition coefficient (Wildman–Crippen LogP) is 4.63. The molecule has 1 unspecified atom stereocenters. The number of hydrogen-bond donors (Lipinski definition) is 1. The molecule has 0 bridgehead atoms. The number of rotatable bonds is 5. The van der Waals surface area contributed by atoms with Crippen LogP contribution in [0.1, 0.15) is 49.5 Å². The average molecular weight is 294 g/mol. The molecule has 100 valence electrons. The number of nitrogens with zero attached hydrogens (tertiary/aromatic N) is 2. The molecule has 1 aliphatic carbocycles. The maximum Gasteiger partial charge on any atom is 0.203 e. The highest BCUT2D eigenvalue weighted by molar-refractivity contribution is 7.09. The zero-order valence-electron chi connectivity index (χ0n) is 10.8. The average Bonchev–Trinajstić information content (AvgIpc) is 3.16. The summed E-state index contributed by atoms with van der Waals surface area (Å²) in [6.45, 7) is 2.15. The van der Waals surface area contributed by atoms with Gasteiger partial charge in [-0.25, -0.2) is 4.98 Å². The Morgan fingerprint density at radius 3 is 3.00 bits per heavy atom. The van der Waals surface area contributed by atoms with Gasteiger partial charge < -0.3 is 5.32 Å². The van der Waals surface area contributed by atoms with Crippen molar-refractivity contribution >= 4 is 28.3 Å². The minimum Gasteiger partial charge on any atom is -0.353 e. The highest BCUT2D eigenvalue weighted by Gasteiger charge is 2.28. The molecule has 1 aromatic carbocycles. The van der Waals surface area contributed by atoms with Crippen molar-refractivity contribution in [3.8, 4) is 0 Å². The van der Waals surface area contributed by atoms with E-state index in [0.29, 0.717) is 5.92 Å². The molecule has 1 atom stereocenters. The largest absolute Gasteiger partial charge is 0.353 e. The molecule has 0 amide bonds. The maximum atomic E-state index is 6.05. The maximum absolute atomic E-state index is 6.05. The van der Waals surface area contributed by atoms with E-state index < -0.39 is 0 Å². The van der Waals surface area contributed by atoms with Crippen LogP contribution in [0.25, 0.3) is 0 Å². The minimum atomic E-state index is 0.235. The fourth-order valence-electron chi connectivity index (χ4n) is 2.09. The molecule has 1 aromatic heterocycles. The van der Waals surface area contributed by atoms with Gasteiger partial charge in [-0.1, -0.05) is 30.7 Å². The van der Waals surface area contributed by atoms with E-state index in [4.69, 9.17) is 11.6 Å². The molecule has 3 rings (SSSR count). The van der Waals surface area contributed by atoms with Gasteiger partial charge in [-0.2, -0.15) is 4.37 Å². The zero-order chi connectivity index (χ0) is 13.2. The first kappa shape index (κ1) is 12.9. The summed E-state index contributed by atoms with van der Waals surface area (Å²) in [7, 11) is 0. The predicted molar refractivity (Wildman–Crippen MR) is 80.0 cm³/mol. The number of hydrogen-bond acceptors (Lipinski definition) is 4. The van der Waals surface area contributed by atoms with E-state index in [-0.39, 0.29) is 6.04 Å². The molecule has 0 radical (unpaired) electrons. The van der Waals surface area contributed by atoms with Crippen molar-refractivity contribution in [2.75, 3.05) is 5.32 Å². The van der Waals surface area contributed by atoms with Gasteiger partial charge in [-0.05, 0) is 37.0 Å². The summed E-state index contributed by atoms with van der Waals surface area (Å²) in [5, 5.41) is 5.14. The SMILES string of the molecule is CCC(Nc1nc(C2CC2)ns1)c1cccc(Cl)c1. The van der Waals surface area contributed by atoms with Gasteiger partial charge in [0.1, 0.15) is 5.82 Å². The number of halogens is 1. The molecule has 1 aliphatic rings. The Labute approximate surface area is 122 Å². The third kappa shape index (κ3) is 3.07. The van der Waals surface area contributed by atoms with Crippen molar-refractivity contribution in [3.05, 3.63) is 40.7 Å². The quantitative estimate of drug-likeness (QED) is 0.873. The van der Waals surface area contributed by atoms with Crippen LogP contribution in [0.2, 0.25) is 5.02 Å². The number of aromatic nitrogens is 2. The molecule has 1 fully saturated rings. The van der Waals surface area contributed by atoms with Crippen molar-refractivity contribution in [1.82, 2.24) is 9.36 Å². The summed E-state index contributed by atoms with van der Waals surface area (Å²) in [5.41, 5.74) is 1.19. The van der Waals surface area contributed by atoms with Gasteiger partial charge in [0.25, 0.3) is 0 Å². The lowest BCUT2D eigenvalue weighted by Gasteiger charge is -2.16. The monoisotopic (exact) mass is 293 g/mol. The Morgan fingerprint density at radius 1 is 1.47 bits per heavy atom. The van der Waals surface area contributed by atoms with E-state index in [2.05, 4.69) is 27.7 Å². The van der Waals surface area contributed by atoms with Crippen LogP contribution >= 0.6 is 23.1 Å². The van der Waals surface area contributed by atoms with Gasteiger partial charge in [-0.15, -0.1) is 0 Å². The van der Waals surface area contributed by atoms with E-state index in [0.717, 1.165) is 22.4 Å². The standard InChI is InChI=1S/C14H16ClN3S/c1-2-12(10-4-3-5-11(15)8-10)16-14-17-13(18-19-14)9-6-7-9/h3-5,8-9,12H,2,6-7H2,1H3,(H,16,17,18). The van der Waals surface area contributed by atoms with Gasteiger partial charge in [0, 0.05) is 22.5 Å². The van der Waals surface area contributed by atoms with Crippen LogP contribution in [-0.2, 0) is 0 Å². The lowest BCUT2D eigenvalue weighted by Crippen LogP contribution is -2.09. The molecule has 2 aromatic rings. The highest BCUT2D eigenvalue weighted by atomic mass is 35.5. The Balaban J connectivity index is 1.74. The molecular formula is C14H16ClN3S. The molecule has 5 heteroatoms. The molecular weight excluding hydrogens is 278 g/mol. The fourth-order valence-corrected chi connectivity index (χ4v) is 2.99. The van der Waals surface area contributed by atoms with E-state index in [1.807, 2.05) is 18.2 Å². The number of benzene rings is 1. The second-order valence-electron chi connectivity index (χ2n) is 4.89. The second kappa shape index (κ2) is 5.47. The normalized spacial score (nSPS) is 16.3. The van der Waals surface area contributed by atoms with Crippen molar-refractivity contribution < 1.29 is 0 Å². The summed E-state index contributed by atoms with van der Waals surface area (Å²) >= 11 is 7.50. The zero-order valence-corrected chi connectivity index (χ0v) is 12.3. The highest BCUT2D eigenvalue weighted by Crippen LogP contribution is 2.39. The Bertz CT molecular complexity index is 565. The molecule has 1 saturated carbocycles. The summed E-state index contributed by atoms with van der Waals surface area (Å²) < 4.78 is 4.42. The van der Waals surface area contributed by atoms with Crippen LogP contribution in [0, 0.1) is 0 Å². The van der Waals surface area contributed by atoms with E-state index in [1.165, 1.54) is 29.9 Å². The Hall–Kier alpha value is -1.13. The van der Waals surface area contributed by atoms with Crippen LogP contribution in [0.3, 0.4) is 0 Å². The fraction of sp³-hybridized carbons (Fsp3) is 0.429. The van der Waals surface area contributed by atoms with Gasteiger partial charge in [0.2, 0.25) is 5.13 Å².